The standard InChI is InChI=1S/C20H19F3N4O/c1-24-20(26-11-13-9-10-25-17-7-3-2-5-14(13)17)27-12-15-16(21)6-4-8-18(15)28-19(22)23/h2-10,19H,11-12H2,1H3,(H2,24,26,27). The Bertz CT molecular complexity index is 973. The van der Waals surface area contributed by atoms with E-state index in [1.54, 1.807) is 13.2 Å². The molecule has 5 nitrogen and oxygen atoms in total. The molecular weight excluding hydrogens is 369 g/mol. The Balaban J connectivity index is 1.68. The van der Waals surface area contributed by atoms with E-state index in [0.29, 0.717) is 12.5 Å². The van der Waals surface area contributed by atoms with E-state index in [9.17, 15) is 13.2 Å². The van der Waals surface area contributed by atoms with Gasteiger partial charge in [-0.25, -0.2) is 4.39 Å². The molecule has 0 unspecified atom stereocenters. The second-order valence-corrected chi connectivity index (χ2v) is 5.86. The lowest BCUT2D eigenvalue weighted by molar-refractivity contribution is -0.0506. The molecule has 0 bridgehead atoms. The van der Waals surface area contributed by atoms with Crippen molar-refractivity contribution in [2.24, 2.45) is 4.99 Å². The second kappa shape index (κ2) is 9.07. The highest BCUT2D eigenvalue weighted by Crippen LogP contribution is 2.23. The number of benzene rings is 2. The summed E-state index contributed by atoms with van der Waals surface area (Å²) >= 11 is 0. The first kappa shape index (κ1) is 19.5. The van der Waals surface area contributed by atoms with Crippen molar-refractivity contribution < 1.29 is 17.9 Å². The molecule has 0 aliphatic heterocycles. The highest BCUT2D eigenvalue weighted by atomic mass is 19.3. The molecule has 2 aromatic carbocycles. The molecule has 0 saturated carbocycles. The number of hydrogen-bond donors (Lipinski definition) is 2. The van der Waals surface area contributed by atoms with E-state index >= 15 is 0 Å². The fourth-order valence-electron chi connectivity index (χ4n) is 2.80. The third-order valence-electron chi connectivity index (χ3n) is 4.13. The molecule has 8 heteroatoms. The lowest BCUT2D eigenvalue weighted by atomic mass is 10.1. The van der Waals surface area contributed by atoms with Gasteiger partial charge in [-0.1, -0.05) is 24.3 Å². The van der Waals surface area contributed by atoms with Gasteiger partial charge in [-0.05, 0) is 29.8 Å². The molecular formula is C20H19F3N4O. The highest BCUT2D eigenvalue weighted by molar-refractivity contribution is 5.83. The summed E-state index contributed by atoms with van der Waals surface area (Å²) in [5, 5.41) is 7.05. The number of hydrogen-bond acceptors (Lipinski definition) is 3. The van der Waals surface area contributed by atoms with Crippen molar-refractivity contribution in [3.8, 4) is 5.75 Å². The topological polar surface area (TPSA) is 58.5 Å². The number of nitrogens with one attached hydrogen (secondary N) is 2. The maximum atomic E-state index is 14.0. The number of alkyl halides is 2. The zero-order valence-corrected chi connectivity index (χ0v) is 15.1. The molecule has 1 aromatic heterocycles. The first-order valence-corrected chi connectivity index (χ1v) is 8.58. The SMILES string of the molecule is CN=C(NCc1c(F)cccc1OC(F)F)NCc1ccnc2ccccc12. The van der Waals surface area contributed by atoms with Gasteiger partial charge in [0.25, 0.3) is 0 Å². The fourth-order valence-corrected chi connectivity index (χ4v) is 2.80. The van der Waals surface area contributed by atoms with Crippen molar-refractivity contribution in [1.82, 2.24) is 15.6 Å². The van der Waals surface area contributed by atoms with Crippen LogP contribution >= 0.6 is 0 Å². The Morgan fingerprint density at radius 3 is 2.64 bits per heavy atom. The number of nitrogens with zero attached hydrogens (tertiary/aromatic N) is 2. The van der Waals surface area contributed by atoms with Crippen LogP contribution in [-0.2, 0) is 13.1 Å². The van der Waals surface area contributed by atoms with Crippen LogP contribution < -0.4 is 15.4 Å². The van der Waals surface area contributed by atoms with E-state index in [1.165, 1.54) is 18.2 Å². The molecule has 1 heterocycles. The smallest absolute Gasteiger partial charge is 0.387 e. The van der Waals surface area contributed by atoms with E-state index in [2.05, 4.69) is 25.3 Å². The molecule has 3 aromatic rings. The van der Waals surface area contributed by atoms with Gasteiger partial charge in [-0.15, -0.1) is 0 Å². The quantitative estimate of drug-likeness (QED) is 0.498. The molecule has 0 aliphatic carbocycles. The van der Waals surface area contributed by atoms with E-state index in [0.717, 1.165) is 16.5 Å². The summed E-state index contributed by atoms with van der Waals surface area (Å²) in [6, 6.07) is 13.5. The zero-order valence-electron chi connectivity index (χ0n) is 15.1. The van der Waals surface area contributed by atoms with Crippen LogP contribution in [0.1, 0.15) is 11.1 Å². The number of aliphatic imine (C=N–C) groups is 1. The van der Waals surface area contributed by atoms with Gasteiger partial charge in [-0.3, -0.25) is 9.98 Å². The molecule has 0 atom stereocenters. The predicted octanol–water partition coefficient (Wildman–Crippen LogP) is 3.84. The van der Waals surface area contributed by atoms with E-state index in [4.69, 9.17) is 0 Å². The lowest BCUT2D eigenvalue weighted by Gasteiger charge is -2.15. The van der Waals surface area contributed by atoms with Gasteiger partial charge in [0.1, 0.15) is 11.6 Å². The average molecular weight is 388 g/mol. The van der Waals surface area contributed by atoms with Crippen molar-refractivity contribution in [2.45, 2.75) is 19.7 Å². The minimum Gasteiger partial charge on any atom is -0.434 e. The summed E-state index contributed by atoms with van der Waals surface area (Å²) in [4.78, 5) is 8.40. The van der Waals surface area contributed by atoms with Crippen LogP contribution in [0.15, 0.2) is 59.7 Å². The third-order valence-corrected chi connectivity index (χ3v) is 4.13. The number of ether oxygens (including phenoxy) is 1. The number of fused-ring (bicyclic) bond motifs is 1. The molecule has 0 radical (unpaired) electrons. The molecule has 0 saturated heterocycles. The van der Waals surface area contributed by atoms with Crippen LogP contribution in [0, 0.1) is 5.82 Å². The number of guanidine groups is 1. The third kappa shape index (κ3) is 4.70. The average Bonchev–Trinajstić information content (AvgIpc) is 2.69. The minimum absolute atomic E-state index is 0.000103. The van der Waals surface area contributed by atoms with Crippen molar-refractivity contribution in [3.63, 3.8) is 0 Å². The lowest BCUT2D eigenvalue weighted by Crippen LogP contribution is -2.36. The van der Waals surface area contributed by atoms with Gasteiger partial charge in [-0.2, -0.15) is 8.78 Å². The van der Waals surface area contributed by atoms with Crippen LogP contribution in [-0.4, -0.2) is 24.6 Å². The van der Waals surface area contributed by atoms with Crippen molar-refractivity contribution >= 4 is 16.9 Å². The maximum absolute atomic E-state index is 14.0. The van der Waals surface area contributed by atoms with Crippen molar-refractivity contribution in [1.29, 1.82) is 0 Å². The van der Waals surface area contributed by atoms with Crippen LogP contribution in [0.25, 0.3) is 10.9 Å². The van der Waals surface area contributed by atoms with E-state index in [1.807, 2.05) is 30.3 Å². The van der Waals surface area contributed by atoms with Gasteiger partial charge in [0, 0.05) is 37.3 Å². The maximum Gasteiger partial charge on any atom is 0.387 e. The van der Waals surface area contributed by atoms with Crippen LogP contribution in [0.3, 0.4) is 0 Å². The van der Waals surface area contributed by atoms with Gasteiger partial charge in [0.05, 0.1) is 5.52 Å². The number of pyridine rings is 1. The molecule has 0 spiro atoms. The first-order valence-electron chi connectivity index (χ1n) is 8.58. The number of halogens is 3. The second-order valence-electron chi connectivity index (χ2n) is 5.86. The monoisotopic (exact) mass is 388 g/mol. The molecule has 28 heavy (non-hydrogen) atoms. The van der Waals surface area contributed by atoms with Crippen LogP contribution in [0.2, 0.25) is 0 Å². The Morgan fingerprint density at radius 1 is 1.07 bits per heavy atom. The minimum atomic E-state index is -3.03. The molecule has 146 valence electrons. The number of aromatic nitrogens is 1. The van der Waals surface area contributed by atoms with Crippen LogP contribution in [0.5, 0.6) is 5.75 Å². The summed E-state index contributed by atoms with van der Waals surface area (Å²) in [5.74, 6) is -0.452. The molecule has 3 rings (SSSR count). The molecule has 0 aliphatic rings. The Kier molecular flexibility index (Phi) is 6.31. The summed E-state index contributed by atoms with van der Waals surface area (Å²) in [6.07, 6.45) is 1.73. The first-order chi connectivity index (χ1) is 13.6. The van der Waals surface area contributed by atoms with Crippen molar-refractivity contribution in [3.05, 3.63) is 71.7 Å². The fraction of sp³-hybridized carbons (Fsp3) is 0.200. The largest absolute Gasteiger partial charge is 0.434 e. The molecule has 0 amide bonds. The van der Waals surface area contributed by atoms with E-state index in [-0.39, 0.29) is 17.9 Å². The predicted molar refractivity (Wildman–Crippen MR) is 102 cm³/mol. The molecule has 0 fully saturated rings. The van der Waals surface area contributed by atoms with E-state index < -0.39 is 12.4 Å². The Labute approximate surface area is 160 Å². The van der Waals surface area contributed by atoms with Crippen molar-refractivity contribution in [2.75, 3.05) is 7.05 Å². The Morgan fingerprint density at radius 2 is 1.86 bits per heavy atom. The summed E-state index contributed by atoms with van der Waals surface area (Å²) in [6.45, 7) is -2.63. The number of para-hydroxylation sites is 1. The molecule has 2 N–H and O–H groups in total. The Hall–Kier alpha value is -3.29. The highest BCUT2D eigenvalue weighted by Gasteiger charge is 2.14. The number of rotatable bonds is 6. The van der Waals surface area contributed by atoms with Gasteiger partial charge >= 0.3 is 6.61 Å². The normalized spacial score (nSPS) is 11.7. The van der Waals surface area contributed by atoms with Gasteiger partial charge in [0.15, 0.2) is 5.96 Å². The van der Waals surface area contributed by atoms with Gasteiger partial charge < -0.3 is 15.4 Å². The summed E-state index contributed by atoms with van der Waals surface area (Å²) < 4.78 is 43.5. The van der Waals surface area contributed by atoms with Gasteiger partial charge in [0.2, 0.25) is 0 Å². The zero-order chi connectivity index (χ0) is 19.9. The summed E-state index contributed by atoms with van der Waals surface area (Å²) in [5.41, 5.74) is 1.89. The summed E-state index contributed by atoms with van der Waals surface area (Å²) in [7, 11) is 1.57. The van der Waals surface area contributed by atoms with Crippen LogP contribution in [0.4, 0.5) is 13.2 Å².